The number of carbonyl (C=O) groups is 2. The van der Waals surface area contributed by atoms with Crippen molar-refractivity contribution in [3.63, 3.8) is 0 Å². The van der Waals surface area contributed by atoms with Crippen molar-refractivity contribution in [3.8, 4) is 0 Å². The van der Waals surface area contributed by atoms with Crippen molar-refractivity contribution >= 4 is 31.1 Å². The van der Waals surface area contributed by atoms with E-state index in [0.717, 1.165) is 25.9 Å². The van der Waals surface area contributed by atoms with Crippen LogP contribution in [0.4, 0.5) is 0 Å². The minimum absolute atomic E-state index is 0.142. The summed E-state index contributed by atoms with van der Waals surface area (Å²) in [5.74, 6) is -0.675. The molecule has 0 amide bonds. The van der Waals surface area contributed by atoms with Crippen molar-refractivity contribution in [2.45, 2.75) is 72.2 Å². The van der Waals surface area contributed by atoms with Crippen molar-refractivity contribution in [3.05, 3.63) is 0 Å². The molecule has 0 aromatic rings. The van der Waals surface area contributed by atoms with Crippen LogP contribution in [0.5, 0.6) is 0 Å². The van der Waals surface area contributed by atoms with Gasteiger partial charge in [-0.25, -0.2) is 0 Å². The van der Waals surface area contributed by atoms with E-state index in [1.165, 1.54) is 0 Å². The standard InChI is InChI=1S/C15H31NO3SSi/c1-7-11-15(5,16(9-3)10-4)19-21(6,20)12-14(18)13(17)8-2/h20H,7-12H2,1-6H3. The highest BCUT2D eigenvalue weighted by Crippen LogP contribution is 2.30. The number of Topliss-reactive ketones (excluding diaryl/α,β-unsaturated/α-hetero) is 2. The molecule has 21 heavy (non-hydrogen) atoms. The molecule has 0 aliphatic rings. The van der Waals surface area contributed by atoms with Crippen LogP contribution in [0.2, 0.25) is 12.6 Å². The van der Waals surface area contributed by atoms with Gasteiger partial charge in [0.25, 0.3) is 7.47 Å². The minimum atomic E-state index is -2.53. The number of hydrogen-bond donors (Lipinski definition) is 1. The molecule has 0 bridgehead atoms. The van der Waals surface area contributed by atoms with Crippen LogP contribution in [0.3, 0.4) is 0 Å². The highest BCUT2D eigenvalue weighted by Gasteiger charge is 2.40. The van der Waals surface area contributed by atoms with E-state index < -0.39 is 13.2 Å². The van der Waals surface area contributed by atoms with Crippen LogP contribution in [0.1, 0.15) is 53.9 Å². The third kappa shape index (κ3) is 6.63. The third-order valence-electron chi connectivity index (χ3n) is 3.71. The van der Waals surface area contributed by atoms with Gasteiger partial charge in [0.15, 0.2) is 11.6 Å². The Morgan fingerprint density at radius 2 is 1.67 bits per heavy atom. The number of thiol groups is 1. The molecular formula is C15H31NO3SSi. The molecule has 0 radical (unpaired) electrons. The summed E-state index contributed by atoms with van der Waals surface area (Å²) in [6, 6.07) is 0.142. The molecule has 0 heterocycles. The Kier molecular flexibility index (Phi) is 9.00. The molecule has 2 atom stereocenters. The molecule has 0 N–H and O–H groups in total. The van der Waals surface area contributed by atoms with Crippen LogP contribution < -0.4 is 0 Å². The van der Waals surface area contributed by atoms with Gasteiger partial charge < -0.3 is 4.43 Å². The topological polar surface area (TPSA) is 46.6 Å². The summed E-state index contributed by atoms with van der Waals surface area (Å²) in [7, 11) is -2.53. The lowest BCUT2D eigenvalue weighted by Crippen LogP contribution is -2.54. The van der Waals surface area contributed by atoms with Crippen LogP contribution in [-0.2, 0) is 14.0 Å². The number of rotatable bonds is 11. The average Bonchev–Trinajstić information content (AvgIpc) is 2.37. The molecule has 4 nitrogen and oxygen atoms in total. The van der Waals surface area contributed by atoms with E-state index >= 15 is 0 Å². The molecule has 2 unspecified atom stereocenters. The Hall–Kier alpha value is -0.173. The van der Waals surface area contributed by atoms with Gasteiger partial charge in [-0.15, -0.1) is 0 Å². The summed E-state index contributed by atoms with van der Waals surface area (Å²) >= 11 is 4.63. The maximum Gasteiger partial charge on any atom is 0.258 e. The molecule has 0 saturated heterocycles. The Labute approximate surface area is 135 Å². The fourth-order valence-electron chi connectivity index (χ4n) is 2.73. The second kappa shape index (κ2) is 9.08. The monoisotopic (exact) mass is 333 g/mol. The molecule has 0 rings (SSSR count). The first-order valence-electron chi connectivity index (χ1n) is 7.89. The van der Waals surface area contributed by atoms with Gasteiger partial charge in [-0.05, 0) is 33.0 Å². The molecule has 0 aliphatic carbocycles. The van der Waals surface area contributed by atoms with E-state index in [9.17, 15) is 9.59 Å². The van der Waals surface area contributed by atoms with E-state index in [1.54, 1.807) is 6.92 Å². The second-order valence-corrected chi connectivity index (χ2v) is 11.5. The van der Waals surface area contributed by atoms with Gasteiger partial charge in [0, 0.05) is 12.5 Å². The van der Waals surface area contributed by atoms with E-state index in [1.807, 2.05) is 6.55 Å². The fourth-order valence-corrected chi connectivity index (χ4v) is 5.80. The normalized spacial score (nSPS) is 17.3. The van der Waals surface area contributed by atoms with E-state index in [0.29, 0.717) is 0 Å². The Balaban J connectivity index is 5.05. The summed E-state index contributed by atoms with van der Waals surface area (Å²) in [4.78, 5) is 25.6. The predicted octanol–water partition coefficient (Wildman–Crippen LogP) is 3.41. The maximum atomic E-state index is 11.9. The van der Waals surface area contributed by atoms with Crippen molar-refractivity contribution in [2.75, 3.05) is 13.1 Å². The maximum absolute atomic E-state index is 11.9. The number of hydrogen-bond acceptors (Lipinski definition) is 5. The Bertz CT molecular complexity index is 359. The highest BCUT2D eigenvalue weighted by molar-refractivity contribution is 8.13. The largest absolute Gasteiger partial charge is 0.389 e. The van der Waals surface area contributed by atoms with Gasteiger partial charge in [0.05, 0.1) is 0 Å². The van der Waals surface area contributed by atoms with Crippen molar-refractivity contribution < 1.29 is 14.0 Å². The third-order valence-corrected chi connectivity index (χ3v) is 6.31. The van der Waals surface area contributed by atoms with Gasteiger partial charge in [0.1, 0.15) is 5.72 Å². The summed E-state index contributed by atoms with van der Waals surface area (Å²) < 4.78 is 6.33. The molecule has 6 heteroatoms. The Morgan fingerprint density at radius 1 is 1.14 bits per heavy atom. The average molecular weight is 334 g/mol. The van der Waals surface area contributed by atoms with Gasteiger partial charge in [-0.3, -0.25) is 14.5 Å². The zero-order valence-corrected chi connectivity index (χ0v) is 16.3. The van der Waals surface area contributed by atoms with Crippen LogP contribution >= 0.6 is 12.1 Å². The Morgan fingerprint density at radius 3 is 2.05 bits per heavy atom. The van der Waals surface area contributed by atoms with E-state index in [-0.39, 0.29) is 24.0 Å². The quantitative estimate of drug-likeness (QED) is 0.272. The summed E-state index contributed by atoms with van der Waals surface area (Å²) in [6.07, 6.45) is 2.13. The van der Waals surface area contributed by atoms with Gasteiger partial charge >= 0.3 is 0 Å². The molecule has 0 fully saturated rings. The molecule has 0 aliphatic heterocycles. The van der Waals surface area contributed by atoms with Gasteiger partial charge in [-0.1, -0.05) is 34.1 Å². The van der Waals surface area contributed by atoms with Crippen LogP contribution in [0, 0.1) is 0 Å². The number of carbonyl (C=O) groups excluding carboxylic acids is 2. The minimum Gasteiger partial charge on any atom is -0.389 e. The molecular weight excluding hydrogens is 302 g/mol. The summed E-state index contributed by atoms with van der Waals surface area (Å²) in [5.41, 5.74) is -0.420. The fraction of sp³-hybridized carbons (Fsp3) is 0.867. The lowest BCUT2D eigenvalue weighted by molar-refractivity contribution is -0.135. The number of nitrogens with zero attached hydrogens (tertiary/aromatic N) is 1. The van der Waals surface area contributed by atoms with Gasteiger partial charge in [-0.2, -0.15) is 12.1 Å². The zero-order valence-electron chi connectivity index (χ0n) is 14.4. The lowest BCUT2D eigenvalue weighted by atomic mass is 10.1. The summed E-state index contributed by atoms with van der Waals surface area (Å²) in [6.45, 7) is 13.8. The van der Waals surface area contributed by atoms with E-state index in [4.69, 9.17) is 4.43 Å². The molecule has 0 aromatic heterocycles. The van der Waals surface area contributed by atoms with Crippen LogP contribution in [-0.4, -0.2) is 42.7 Å². The van der Waals surface area contributed by atoms with E-state index in [2.05, 4.69) is 44.7 Å². The highest BCUT2D eigenvalue weighted by atomic mass is 32.3. The molecule has 0 spiro atoms. The van der Waals surface area contributed by atoms with Gasteiger partial charge in [0.2, 0.25) is 0 Å². The second-order valence-electron chi connectivity index (χ2n) is 5.75. The molecule has 0 saturated carbocycles. The first-order valence-corrected chi connectivity index (χ1v) is 11.8. The molecule has 0 aromatic carbocycles. The van der Waals surface area contributed by atoms with Crippen LogP contribution in [0.15, 0.2) is 0 Å². The first kappa shape index (κ1) is 20.8. The SMILES string of the molecule is CCCC(C)(O[Si](C)(S)CC(=O)C(=O)CC)N(CC)CC. The predicted molar refractivity (Wildman–Crippen MR) is 93.0 cm³/mol. The van der Waals surface area contributed by atoms with Crippen molar-refractivity contribution in [2.24, 2.45) is 0 Å². The van der Waals surface area contributed by atoms with Crippen LogP contribution in [0.25, 0.3) is 0 Å². The first-order chi connectivity index (χ1) is 9.65. The smallest absolute Gasteiger partial charge is 0.258 e. The van der Waals surface area contributed by atoms with Crippen molar-refractivity contribution in [1.82, 2.24) is 4.90 Å². The lowest BCUT2D eigenvalue weighted by Gasteiger charge is -2.44. The molecule has 124 valence electrons. The number of ketones is 2. The summed E-state index contributed by atoms with van der Waals surface area (Å²) in [5, 5.41) is 0. The zero-order chi connectivity index (χ0) is 16.7. The van der Waals surface area contributed by atoms with Crippen molar-refractivity contribution in [1.29, 1.82) is 0 Å².